The maximum absolute atomic E-state index is 12.7. The molecular formula is C46H40O4. The van der Waals surface area contributed by atoms with Crippen LogP contribution >= 0.6 is 0 Å². The number of carbonyl (C=O) groups excluding carboxylic acids is 2. The van der Waals surface area contributed by atoms with Crippen LogP contribution in [0.25, 0.3) is 22.3 Å². The Morgan fingerprint density at radius 2 is 1.14 bits per heavy atom. The number of benzene rings is 5. The average molecular weight is 657 g/mol. The first kappa shape index (κ1) is 33.9. The van der Waals surface area contributed by atoms with Crippen LogP contribution in [-0.2, 0) is 15.0 Å². The molecule has 2 unspecified atom stereocenters. The third-order valence-corrected chi connectivity index (χ3v) is 9.28. The van der Waals surface area contributed by atoms with Crippen LogP contribution in [0.3, 0.4) is 0 Å². The molecule has 0 aliphatic heterocycles. The highest BCUT2D eigenvalue weighted by atomic mass is 16.5. The standard InChI is InChI=1S/C46H40O4/c1-31(2)44(47)49-42-27-25-38(29-40(42)35-17-11-7-12-18-35)46(5,37-23-21-34(22-24-37)33-15-9-6-10-16-33)39-26-28-43(50-45(48)32(3)4)41(30-39)36-19-13-8-14-20-36/h6-19,21-30,36H,1,3,20H2,2,4-5H3. The maximum atomic E-state index is 12.7. The summed E-state index contributed by atoms with van der Waals surface area (Å²) in [7, 11) is 0. The first-order valence-electron chi connectivity index (χ1n) is 16.7. The minimum absolute atomic E-state index is 0.0152. The van der Waals surface area contributed by atoms with E-state index in [0.29, 0.717) is 22.6 Å². The van der Waals surface area contributed by atoms with Gasteiger partial charge in [0.1, 0.15) is 11.5 Å². The Labute approximate surface area is 294 Å². The first-order valence-corrected chi connectivity index (χ1v) is 16.7. The second-order valence-corrected chi connectivity index (χ2v) is 12.9. The maximum Gasteiger partial charge on any atom is 0.338 e. The highest BCUT2D eigenvalue weighted by molar-refractivity contribution is 5.90. The van der Waals surface area contributed by atoms with Gasteiger partial charge in [0, 0.05) is 33.6 Å². The predicted octanol–water partition coefficient (Wildman–Crippen LogP) is 10.9. The summed E-state index contributed by atoms with van der Waals surface area (Å²) in [4.78, 5) is 25.5. The van der Waals surface area contributed by atoms with Gasteiger partial charge in [0.05, 0.1) is 0 Å². The molecular weight excluding hydrogens is 617 g/mol. The number of hydrogen-bond acceptors (Lipinski definition) is 4. The molecule has 4 nitrogen and oxygen atoms in total. The number of esters is 2. The number of carbonyl (C=O) groups is 2. The molecule has 5 aromatic carbocycles. The van der Waals surface area contributed by atoms with Gasteiger partial charge in [-0.1, -0.05) is 141 Å². The molecule has 248 valence electrons. The molecule has 0 aromatic heterocycles. The third kappa shape index (κ3) is 7.06. The number of hydrogen-bond donors (Lipinski definition) is 0. The van der Waals surface area contributed by atoms with E-state index in [1.807, 2.05) is 84.9 Å². The molecule has 0 amide bonds. The molecule has 2 atom stereocenters. The van der Waals surface area contributed by atoms with Crippen LogP contribution in [0.1, 0.15) is 55.4 Å². The van der Waals surface area contributed by atoms with Gasteiger partial charge in [0.2, 0.25) is 0 Å². The van der Waals surface area contributed by atoms with E-state index in [1.54, 1.807) is 13.8 Å². The van der Waals surface area contributed by atoms with Crippen molar-refractivity contribution in [3.05, 3.63) is 192 Å². The Kier molecular flexibility index (Phi) is 9.92. The molecule has 0 N–H and O–H groups in total. The van der Waals surface area contributed by atoms with Gasteiger partial charge in [0.15, 0.2) is 0 Å². The molecule has 1 aliphatic rings. The lowest BCUT2D eigenvalue weighted by Crippen LogP contribution is -2.26. The van der Waals surface area contributed by atoms with Crippen LogP contribution in [0.15, 0.2) is 170 Å². The SMILES string of the molecule is C=C(C)C(=O)Oc1ccc(C(C)(c2ccc(-c3ccccc3)cc2)c2ccc(OC(=O)C(=C)C)c(C3C=CC=CC3)c2)cc1-c1ccccc1. The molecule has 0 saturated carbocycles. The van der Waals surface area contributed by atoms with Crippen LogP contribution in [-0.4, -0.2) is 11.9 Å². The summed E-state index contributed by atoms with van der Waals surface area (Å²) >= 11 is 0. The summed E-state index contributed by atoms with van der Waals surface area (Å²) in [6.45, 7) is 13.1. The minimum atomic E-state index is -0.685. The van der Waals surface area contributed by atoms with Gasteiger partial charge in [-0.3, -0.25) is 0 Å². The fourth-order valence-corrected chi connectivity index (χ4v) is 6.33. The largest absolute Gasteiger partial charge is 0.423 e. The van der Waals surface area contributed by atoms with Gasteiger partial charge in [-0.2, -0.15) is 0 Å². The Bertz CT molecular complexity index is 2120. The van der Waals surface area contributed by atoms with E-state index in [9.17, 15) is 9.59 Å². The van der Waals surface area contributed by atoms with Gasteiger partial charge in [-0.25, -0.2) is 9.59 Å². The van der Waals surface area contributed by atoms with Gasteiger partial charge in [-0.15, -0.1) is 0 Å². The Morgan fingerprint density at radius 3 is 1.72 bits per heavy atom. The van der Waals surface area contributed by atoms with Crippen molar-refractivity contribution in [2.75, 3.05) is 0 Å². The van der Waals surface area contributed by atoms with Crippen LogP contribution in [0.2, 0.25) is 0 Å². The molecule has 5 aromatic rings. The molecule has 4 heteroatoms. The summed E-state index contributed by atoms with van der Waals surface area (Å²) in [5.74, 6) is 0.0489. The zero-order valence-corrected chi connectivity index (χ0v) is 28.7. The van der Waals surface area contributed by atoms with Crippen molar-refractivity contribution in [2.45, 2.75) is 38.5 Å². The Balaban J connectivity index is 1.57. The summed E-state index contributed by atoms with van der Waals surface area (Å²) in [5.41, 5.74) is 7.94. The zero-order chi connectivity index (χ0) is 35.3. The van der Waals surface area contributed by atoms with E-state index in [2.05, 4.69) is 80.8 Å². The molecule has 6 rings (SSSR count). The summed E-state index contributed by atoms with van der Waals surface area (Å²) in [6.07, 6.45) is 9.11. The van der Waals surface area contributed by atoms with Crippen molar-refractivity contribution in [2.24, 2.45) is 0 Å². The first-order chi connectivity index (χ1) is 24.1. The molecule has 0 fully saturated rings. The second kappa shape index (κ2) is 14.6. The number of ether oxygens (including phenoxy) is 2. The molecule has 0 saturated heterocycles. The van der Waals surface area contributed by atoms with Crippen molar-refractivity contribution in [3.8, 4) is 33.8 Å². The summed E-state index contributed by atoms with van der Waals surface area (Å²) in [6, 6.07) is 41.0. The highest BCUT2D eigenvalue weighted by Crippen LogP contribution is 2.45. The zero-order valence-electron chi connectivity index (χ0n) is 28.7. The third-order valence-electron chi connectivity index (χ3n) is 9.28. The molecule has 0 spiro atoms. The topological polar surface area (TPSA) is 52.6 Å². The Hall–Kier alpha value is -6.00. The van der Waals surface area contributed by atoms with Gasteiger partial charge in [-0.05, 0) is 78.8 Å². The van der Waals surface area contributed by atoms with E-state index >= 15 is 0 Å². The fourth-order valence-electron chi connectivity index (χ4n) is 6.33. The molecule has 0 bridgehead atoms. The van der Waals surface area contributed by atoms with Crippen molar-refractivity contribution in [1.82, 2.24) is 0 Å². The fraction of sp³-hybridized carbons (Fsp3) is 0.130. The van der Waals surface area contributed by atoms with Crippen molar-refractivity contribution in [3.63, 3.8) is 0 Å². The monoisotopic (exact) mass is 656 g/mol. The van der Waals surface area contributed by atoms with E-state index < -0.39 is 17.4 Å². The molecule has 0 radical (unpaired) electrons. The lowest BCUT2D eigenvalue weighted by atomic mass is 9.69. The number of allylic oxidation sites excluding steroid dienone is 4. The highest BCUT2D eigenvalue weighted by Gasteiger charge is 2.34. The molecule has 0 heterocycles. The lowest BCUT2D eigenvalue weighted by Gasteiger charge is -2.34. The quantitative estimate of drug-likeness (QED) is 0.0650. The van der Waals surface area contributed by atoms with Gasteiger partial charge >= 0.3 is 11.9 Å². The van der Waals surface area contributed by atoms with Crippen molar-refractivity contribution in [1.29, 1.82) is 0 Å². The van der Waals surface area contributed by atoms with Gasteiger partial charge < -0.3 is 9.47 Å². The normalized spacial score (nSPS) is 14.7. The van der Waals surface area contributed by atoms with Crippen LogP contribution in [0.4, 0.5) is 0 Å². The lowest BCUT2D eigenvalue weighted by molar-refractivity contribution is -0.130. The second-order valence-electron chi connectivity index (χ2n) is 12.9. The van der Waals surface area contributed by atoms with E-state index in [-0.39, 0.29) is 5.92 Å². The molecule has 1 aliphatic carbocycles. The van der Waals surface area contributed by atoms with Crippen molar-refractivity contribution >= 4 is 11.9 Å². The van der Waals surface area contributed by atoms with Crippen LogP contribution < -0.4 is 9.47 Å². The van der Waals surface area contributed by atoms with Crippen molar-refractivity contribution < 1.29 is 19.1 Å². The molecule has 50 heavy (non-hydrogen) atoms. The average Bonchev–Trinajstić information content (AvgIpc) is 3.15. The Morgan fingerprint density at radius 1 is 0.620 bits per heavy atom. The minimum Gasteiger partial charge on any atom is -0.423 e. The van der Waals surface area contributed by atoms with Crippen LogP contribution in [0.5, 0.6) is 11.5 Å². The summed E-state index contributed by atoms with van der Waals surface area (Å²) < 4.78 is 11.8. The van der Waals surface area contributed by atoms with E-state index in [1.165, 1.54) is 0 Å². The summed E-state index contributed by atoms with van der Waals surface area (Å²) in [5, 5.41) is 0. The smallest absolute Gasteiger partial charge is 0.338 e. The predicted molar refractivity (Wildman–Crippen MR) is 202 cm³/mol. The van der Waals surface area contributed by atoms with Gasteiger partial charge in [0.25, 0.3) is 0 Å². The van der Waals surface area contributed by atoms with Crippen LogP contribution in [0, 0.1) is 0 Å². The van der Waals surface area contributed by atoms with E-state index in [4.69, 9.17) is 9.47 Å². The number of rotatable bonds is 10. The van der Waals surface area contributed by atoms with E-state index in [0.717, 1.165) is 50.9 Å².